The van der Waals surface area contributed by atoms with Gasteiger partial charge in [0.15, 0.2) is 0 Å². The number of nitrogens with zero attached hydrogens (tertiary/aromatic N) is 4. The number of carbonyl (C=O) groups is 1. The number of hydrogen-bond donors (Lipinski definition) is 3. The average Bonchev–Trinajstić information content (AvgIpc) is 3.11. The largest absolute Gasteiger partial charge is 0.508 e. The highest BCUT2D eigenvalue weighted by Gasteiger charge is 2.36. The van der Waals surface area contributed by atoms with Gasteiger partial charge in [0.2, 0.25) is 0 Å². The summed E-state index contributed by atoms with van der Waals surface area (Å²) in [7, 11) is 0. The Kier molecular flexibility index (Phi) is 5.29. The van der Waals surface area contributed by atoms with Crippen molar-refractivity contribution in [2.75, 3.05) is 0 Å². The fourth-order valence-corrected chi connectivity index (χ4v) is 3.53. The third-order valence-electron chi connectivity index (χ3n) is 3.85. The SMILES string of the molecule is N[C@@H](Cc1cccc(CSC2(c3ccc(O)cc3)N=NN=N2)c1)C(=O)O. The standard InChI is InChI=1S/C17H17N5O3S/c18-15(16(24)25)9-11-2-1-3-12(8-11)10-26-17(19-21-22-20-17)13-4-6-14(23)7-5-13/h1-8,15,23H,9-10,18H2,(H,24,25)/t15-/m0/s1. The summed E-state index contributed by atoms with van der Waals surface area (Å²) >= 11 is 1.43. The Labute approximate surface area is 153 Å². The Hall–Kier alpha value is -2.78. The van der Waals surface area contributed by atoms with Gasteiger partial charge < -0.3 is 15.9 Å². The Morgan fingerprint density at radius 2 is 1.77 bits per heavy atom. The number of aliphatic carboxylic acids is 1. The first-order chi connectivity index (χ1) is 12.5. The van der Waals surface area contributed by atoms with Crippen molar-refractivity contribution in [1.82, 2.24) is 0 Å². The summed E-state index contributed by atoms with van der Waals surface area (Å²) in [5.41, 5.74) is 8.20. The van der Waals surface area contributed by atoms with Crippen LogP contribution in [0.3, 0.4) is 0 Å². The van der Waals surface area contributed by atoms with Gasteiger partial charge in [0.1, 0.15) is 11.8 Å². The van der Waals surface area contributed by atoms with E-state index in [4.69, 9.17) is 10.8 Å². The zero-order valence-corrected chi connectivity index (χ0v) is 14.5. The second kappa shape index (κ2) is 7.63. The molecule has 1 aliphatic rings. The number of carboxylic acids is 1. The van der Waals surface area contributed by atoms with Crippen molar-refractivity contribution in [3.05, 3.63) is 65.2 Å². The van der Waals surface area contributed by atoms with Gasteiger partial charge in [-0.3, -0.25) is 4.79 Å². The van der Waals surface area contributed by atoms with Gasteiger partial charge in [-0.05, 0) is 52.3 Å². The Morgan fingerprint density at radius 1 is 1.12 bits per heavy atom. The summed E-state index contributed by atoms with van der Waals surface area (Å²) in [6.45, 7) is 0. The molecule has 0 unspecified atom stereocenters. The molecule has 0 bridgehead atoms. The van der Waals surface area contributed by atoms with E-state index in [0.29, 0.717) is 5.75 Å². The third kappa shape index (κ3) is 4.06. The van der Waals surface area contributed by atoms with Gasteiger partial charge in [-0.2, -0.15) is 0 Å². The first kappa shape index (κ1) is 18.0. The maximum Gasteiger partial charge on any atom is 0.320 e. The lowest BCUT2D eigenvalue weighted by Crippen LogP contribution is -2.32. The highest BCUT2D eigenvalue weighted by atomic mass is 32.2. The van der Waals surface area contributed by atoms with Crippen molar-refractivity contribution in [1.29, 1.82) is 0 Å². The fraction of sp³-hybridized carbons (Fsp3) is 0.235. The quantitative estimate of drug-likeness (QED) is 0.687. The minimum atomic E-state index is -1.03. The maximum absolute atomic E-state index is 10.9. The van der Waals surface area contributed by atoms with Crippen LogP contribution in [0.25, 0.3) is 0 Å². The molecule has 0 saturated carbocycles. The number of nitrogens with two attached hydrogens (primary N) is 1. The minimum absolute atomic E-state index is 0.156. The molecule has 0 aromatic heterocycles. The molecule has 26 heavy (non-hydrogen) atoms. The number of hydrogen-bond acceptors (Lipinski definition) is 8. The van der Waals surface area contributed by atoms with Crippen LogP contribution in [0, 0.1) is 0 Å². The van der Waals surface area contributed by atoms with Crippen molar-refractivity contribution >= 4 is 17.7 Å². The monoisotopic (exact) mass is 371 g/mol. The average molecular weight is 371 g/mol. The molecule has 2 aromatic rings. The number of phenolic OH excluding ortho intramolecular Hbond substituents is 1. The first-order valence-corrected chi connectivity index (χ1v) is 8.81. The van der Waals surface area contributed by atoms with Crippen molar-refractivity contribution in [2.45, 2.75) is 23.2 Å². The van der Waals surface area contributed by atoms with Gasteiger partial charge in [0.25, 0.3) is 4.99 Å². The number of rotatable bonds is 7. The fourth-order valence-electron chi connectivity index (χ4n) is 2.49. The second-order valence-electron chi connectivity index (χ2n) is 5.79. The van der Waals surface area contributed by atoms with Crippen LogP contribution in [0.4, 0.5) is 0 Å². The lowest BCUT2D eigenvalue weighted by molar-refractivity contribution is -0.138. The van der Waals surface area contributed by atoms with Gasteiger partial charge in [-0.1, -0.05) is 36.0 Å². The van der Waals surface area contributed by atoms with Crippen LogP contribution < -0.4 is 5.73 Å². The van der Waals surface area contributed by atoms with E-state index in [1.165, 1.54) is 11.8 Å². The van der Waals surface area contributed by atoms with E-state index < -0.39 is 17.0 Å². The van der Waals surface area contributed by atoms with Crippen molar-refractivity contribution < 1.29 is 15.0 Å². The van der Waals surface area contributed by atoms with Gasteiger partial charge >= 0.3 is 5.97 Å². The van der Waals surface area contributed by atoms with Crippen molar-refractivity contribution in [2.24, 2.45) is 26.4 Å². The van der Waals surface area contributed by atoms with Crippen LogP contribution in [0.1, 0.15) is 16.7 Å². The topological polar surface area (TPSA) is 133 Å². The lowest BCUT2D eigenvalue weighted by atomic mass is 10.0. The summed E-state index contributed by atoms with van der Waals surface area (Å²) in [5, 5.41) is 34.0. The Morgan fingerprint density at radius 3 is 2.42 bits per heavy atom. The molecule has 0 amide bonds. The summed E-state index contributed by atoms with van der Waals surface area (Å²) in [6.07, 6.45) is 0.260. The third-order valence-corrected chi connectivity index (χ3v) is 5.13. The van der Waals surface area contributed by atoms with E-state index in [1.54, 1.807) is 24.3 Å². The van der Waals surface area contributed by atoms with Gasteiger partial charge in [0.05, 0.1) is 0 Å². The van der Waals surface area contributed by atoms with Crippen LogP contribution in [-0.4, -0.2) is 22.2 Å². The van der Waals surface area contributed by atoms with Crippen LogP contribution in [0.2, 0.25) is 0 Å². The molecule has 2 aromatic carbocycles. The number of thioether (sulfide) groups is 1. The lowest BCUT2D eigenvalue weighted by Gasteiger charge is -2.19. The molecule has 1 atom stereocenters. The molecule has 134 valence electrons. The van der Waals surface area contributed by atoms with Crippen molar-refractivity contribution in [3.8, 4) is 5.75 Å². The zero-order valence-electron chi connectivity index (χ0n) is 13.7. The maximum atomic E-state index is 10.9. The molecule has 4 N–H and O–H groups in total. The molecule has 9 heteroatoms. The smallest absolute Gasteiger partial charge is 0.320 e. The van der Waals surface area contributed by atoms with Crippen LogP contribution in [-0.2, 0) is 22.0 Å². The van der Waals surface area contributed by atoms with E-state index in [9.17, 15) is 9.90 Å². The molecule has 3 rings (SSSR count). The summed E-state index contributed by atoms with van der Waals surface area (Å²) < 4.78 is 0. The zero-order chi connectivity index (χ0) is 18.6. The molecule has 0 aliphatic carbocycles. The van der Waals surface area contributed by atoms with E-state index in [0.717, 1.165) is 16.7 Å². The molecular formula is C17H17N5O3S. The highest BCUT2D eigenvalue weighted by molar-refractivity contribution is 7.99. The number of aromatic hydroxyl groups is 1. The minimum Gasteiger partial charge on any atom is -0.508 e. The molecule has 1 aliphatic heterocycles. The van der Waals surface area contributed by atoms with E-state index in [-0.39, 0.29) is 12.2 Å². The predicted molar refractivity (Wildman–Crippen MR) is 96.5 cm³/mol. The number of phenols is 1. The Balaban J connectivity index is 1.74. The van der Waals surface area contributed by atoms with Gasteiger partial charge in [-0.25, -0.2) is 0 Å². The second-order valence-corrected chi connectivity index (χ2v) is 6.94. The molecule has 1 heterocycles. The molecule has 0 radical (unpaired) electrons. The van der Waals surface area contributed by atoms with Crippen LogP contribution in [0.15, 0.2) is 69.2 Å². The summed E-state index contributed by atoms with van der Waals surface area (Å²) in [4.78, 5) is 9.93. The van der Waals surface area contributed by atoms with E-state index >= 15 is 0 Å². The first-order valence-electron chi connectivity index (χ1n) is 7.82. The van der Waals surface area contributed by atoms with Crippen LogP contribution >= 0.6 is 11.8 Å². The molecular weight excluding hydrogens is 354 g/mol. The summed E-state index contributed by atoms with van der Waals surface area (Å²) in [5.74, 6) is -0.305. The molecule has 0 saturated heterocycles. The van der Waals surface area contributed by atoms with E-state index in [2.05, 4.69) is 20.7 Å². The normalized spacial score (nSPS) is 15.9. The van der Waals surface area contributed by atoms with Crippen molar-refractivity contribution in [3.63, 3.8) is 0 Å². The molecule has 8 nitrogen and oxygen atoms in total. The number of benzene rings is 2. The van der Waals surface area contributed by atoms with E-state index in [1.807, 2.05) is 24.3 Å². The van der Waals surface area contributed by atoms with Gasteiger partial charge in [-0.15, -0.1) is 10.2 Å². The highest BCUT2D eigenvalue weighted by Crippen LogP contribution is 2.44. The van der Waals surface area contributed by atoms with Gasteiger partial charge in [0, 0.05) is 11.3 Å². The Bertz CT molecular complexity index is 842. The number of carboxylic acid groups (broad SMARTS) is 1. The summed E-state index contributed by atoms with van der Waals surface area (Å²) in [6, 6.07) is 13.2. The van der Waals surface area contributed by atoms with Crippen LogP contribution in [0.5, 0.6) is 5.75 Å². The predicted octanol–water partition coefficient (Wildman–Crippen LogP) is 3.22. The molecule has 0 spiro atoms. The molecule has 0 fully saturated rings.